The molecular weight excluding hydrogens is 210 g/mol. The molecule has 3 heteroatoms. The van der Waals surface area contributed by atoms with Gasteiger partial charge in [0.2, 0.25) is 0 Å². The van der Waals surface area contributed by atoms with Crippen molar-refractivity contribution in [2.45, 2.75) is 6.54 Å². The summed E-state index contributed by atoms with van der Waals surface area (Å²) in [6.07, 6.45) is 0. The van der Waals surface area contributed by atoms with Crippen LogP contribution in [0.25, 0.3) is 10.8 Å². The number of nitrogens with zero attached hydrogens (tertiary/aromatic N) is 1. The fourth-order valence-corrected chi connectivity index (χ4v) is 1.90. The van der Waals surface area contributed by atoms with Crippen LogP contribution < -0.4 is 10.6 Å². The van der Waals surface area contributed by atoms with Crippen molar-refractivity contribution in [2.75, 3.05) is 14.1 Å². The highest BCUT2D eigenvalue weighted by molar-refractivity contribution is 5.86. The molecule has 0 radical (unpaired) electrons. The van der Waals surface area contributed by atoms with Crippen LogP contribution in [0.5, 0.6) is 0 Å². The van der Waals surface area contributed by atoms with Gasteiger partial charge in [0, 0.05) is 20.6 Å². The van der Waals surface area contributed by atoms with E-state index >= 15 is 0 Å². The Morgan fingerprint density at radius 1 is 1.12 bits per heavy atom. The van der Waals surface area contributed by atoms with Crippen LogP contribution in [0.4, 0.5) is 0 Å². The number of aliphatic imine (C=N–C) groups is 1. The number of benzene rings is 2. The van der Waals surface area contributed by atoms with Gasteiger partial charge in [0.1, 0.15) is 0 Å². The van der Waals surface area contributed by atoms with E-state index < -0.39 is 0 Å². The maximum atomic E-state index is 4.10. The van der Waals surface area contributed by atoms with Gasteiger partial charge in [0.25, 0.3) is 0 Å². The van der Waals surface area contributed by atoms with E-state index in [1.54, 1.807) is 7.05 Å². The van der Waals surface area contributed by atoms with Crippen LogP contribution in [-0.2, 0) is 6.54 Å². The fourth-order valence-electron chi connectivity index (χ4n) is 1.90. The molecule has 2 aromatic rings. The van der Waals surface area contributed by atoms with Crippen LogP contribution in [0.3, 0.4) is 0 Å². The highest BCUT2D eigenvalue weighted by Crippen LogP contribution is 2.17. The summed E-state index contributed by atoms with van der Waals surface area (Å²) in [7, 11) is 3.63. The average molecular weight is 227 g/mol. The molecule has 2 aromatic carbocycles. The standard InChI is InChI=1S/C14H17N3/c1-15-14(16-2)17-10-12-8-5-7-11-6-3-4-9-13(11)12/h3-9H,10H2,1-2H3,(H2,15,16,17). The van der Waals surface area contributed by atoms with Gasteiger partial charge in [-0.1, -0.05) is 42.5 Å². The summed E-state index contributed by atoms with van der Waals surface area (Å²) < 4.78 is 0. The van der Waals surface area contributed by atoms with Gasteiger partial charge in [0.15, 0.2) is 5.96 Å². The van der Waals surface area contributed by atoms with Crippen LogP contribution in [0.15, 0.2) is 47.5 Å². The summed E-state index contributed by atoms with van der Waals surface area (Å²) in [4.78, 5) is 4.10. The molecule has 88 valence electrons. The van der Waals surface area contributed by atoms with Crippen LogP contribution in [-0.4, -0.2) is 20.1 Å². The average Bonchev–Trinajstić information content (AvgIpc) is 2.40. The summed E-state index contributed by atoms with van der Waals surface area (Å²) in [5.41, 5.74) is 1.28. The molecule has 0 fully saturated rings. The molecular formula is C14H17N3. The highest BCUT2D eigenvalue weighted by Gasteiger charge is 2.00. The molecule has 0 atom stereocenters. The minimum atomic E-state index is 0.773. The smallest absolute Gasteiger partial charge is 0.190 e. The van der Waals surface area contributed by atoms with E-state index in [0.29, 0.717) is 0 Å². The zero-order valence-electron chi connectivity index (χ0n) is 10.2. The van der Waals surface area contributed by atoms with Crippen LogP contribution in [0, 0.1) is 0 Å². The number of guanidine groups is 1. The Bertz CT molecular complexity index is 526. The summed E-state index contributed by atoms with van der Waals surface area (Å²) >= 11 is 0. The van der Waals surface area contributed by atoms with Gasteiger partial charge in [-0.2, -0.15) is 0 Å². The van der Waals surface area contributed by atoms with Crippen LogP contribution in [0.1, 0.15) is 5.56 Å². The molecule has 0 heterocycles. The molecule has 0 aliphatic heterocycles. The molecule has 0 spiro atoms. The second-order valence-corrected chi connectivity index (χ2v) is 3.81. The van der Waals surface area contributed by atoms with E-state index in [2.05, 4.69) is 58.1 Å². The number of hydrogen-bond donors (Lipinski definition) is 2. The van der Waals surface area contributed by atoms with Gasteiger partial charge in [-0.25, -0.2) is 0 Å². The Hall–Kier alpha value is -2.03. The molecule has 0 aliphatic carbocycles. The van der Waals surface area contributed by atoms with Crippen molar-refractivity contribution in [3.63, 3.8) is 0 Å². The summed E-state index contributed by atoms with van der Waals surface area (Å²) in [5.74, 6) is 0.804. The molecule has 0 amide bonds. The predicted molar refractivity (Wildman–Crippen MR) is 73.2 cm³/mol. The summed E-state index contributed by atoms with van der Waals surface area (Å²) in [6, 6.07) is 14.8. The Kier molecular flexibility index (Phi) is 3.60. The molecule has 17 heavy (non-hydrogen) atoms. The predicted octanol–water partition coefficient (Wildman–Crippen LogP) is 2.13. The van der Waals surface area contributed by atoms with Gasteiger partial charge in [-0.05, 0) is 16.3 Å². The second kappa shape index (κ2) is 5.34. The lowest BCUT2D eigenvalue weighted by Gasteiger charge is -2.10. The SMILES string of the molecule is CN=C(NC)NCc1cccc2ccccc12. The maximum Gasteiger partial charge on any atom is 0.190 e. The number of fused-ring (bicyclic) bond motifs is 1. The van der Waals surface area contributed by atoms with Crippen molar-refractivity contribution < 1.29 is 0 Å². The molecule has 0 bridgehead atoms. The zero-order valence-corrected chi connectivity index (χ0v) is 10.2. The quantitative estimate of drug-likeness (QED) is 0.609. The lowest BCUT2D eigenvalue weighted by atomic mass is 10.0. The molecule has 0 unspecified atom stereocenters. The molecule has 0 aromatic heterocycles. The topological polar surface area (TPSA) is 36.4 Å². The highest BCUT2D eigenvalue weighted by atomic mass is 15.1. The Labute approximate surface area is 102 Å². The summed E-state index contributed by atoms with van der Waals surface area (Å²) in [5, 5.41) is 8.83. The third-order valence-corrected chi connectivity index (χ3v) is 2.79. The maximum absolute atomic E-state index is 4.10. The van der Waals surface area contributed by atoms with Crippen LogP contribution in [0.2, 0.25) is 0 Å². The fraction of sp³-hybridized carbons (Fsp3) is 0.214. The van der Waals surface area contributed by atoms with Gasteiger partial charge in [-0.3, -0.25) is 4.99 Å². The molecule has 2 rings (SSSR count). The molecule has 0 saturated carbocycles. The van der Waals surface area contributed by atoms with E-state index in [4.69, 9.17) is 0 Å². The number of hydrogen-bond acceptors (Lipinski definition) is 1. The Balaban J connectivity index is 2.24. The lowest BCUT2D eigenvalue weighted by molar-refractivity contribution is 0.872. The molecule has 0 aliphatic rings. The third kappa shape index (κ3) is 2.56. The second-order valence-electron chi connectivity index (χ2n) is 3.81. The summed E-state index contributed by atoms with van der Waals surface area (Å²) in [6.45, 7) is 0.773. The monoisotopic (exact) mass is 227 g/mol. The van der Waals surface area contributed by atoms with E-state index in [1.165, 1.54) is 16.3 Å². The normalized spacial score (nSPS) is 11.5. The van der Waals surface area contributed by atoms with E-state index in [1.807, 2.05) is 7.05 Å². The van der Waals surface area contributed by atoms with E-state index in [-0.39, 0.29) is 0 Å². The van der Waals surface area contributed by atoms with Gasteiger partial charge >= 0.3 is 0 Å². The van der Waals surface area contributed by atoms with E-state index in [0.717, 1.165) is 12.5 Å². The van der Waals surface area contributed by atoms with Crippen molar-refractivity contribution in [1.29, 1.82) is 0 Å². The largest absolute Gasteiger partial charge is 0.359 e. The van der Waals surface area contributed by atoms with Crippen molar-refractivity contribution >= 4 is 16.7 Å². The molecule has 3 nitrogen and oxygen atoms in total. The lowest BCUT2D eigenvalue weighted by Crippen LogP contribution is -2.34. The first-order valence-corrected chi connectivity index (χ1v) is 5.70. The van der Waals surface area contributed by atoms with Crippen molar-refractivity contribution in [3.05, 3.63) is 48.0 Å². The van der Waals surface area contributed by atoms with Gasteiger partial charge in [0.05, 0.1) is 0 Å². The first-order chi connectivity index (χ1) is 8.35. The van der Waals surface area contributed by atoms with Crippen molar-refractivity contribution in [3.8, 4) is 0 Å². The first kappa shape index (κ1) is 11.5. The van der Waals surface area contributed by atoms with Gasteiger partial charge < -0.3 is 10.6 Å². The molecule has 2 N–H and O–H groups in total. The number of rotatable bonds is 2. The van der Waals surface area contributed by atoms with Crippen molar-refractivity contribution in [2.24, 2.45) is 4.99 Å². The van der Waals surface area contributed by atoms with Crippen LogP contribution >= 0.6 is 0 Å². The minimum absolute atomic E-state index is 0.773. The zero-order chi connectivity index (χ0) is 12.1. The number of nitrogens with one attached hydrogen (secondary N) is 2. The minimum Gasteiger partial charge on any atom is -0.359 e. The van der Waals surface area contributed by atoms with Gasteiger partial charge in [-0.15, -0.1) is 0 Å². The third-order valence-electron chi connectivity index (χ3n) is 2.79. The molecule has 0 saturated heterocycles. The van der Waals surface area contributed by atoms with E-state index in [9.17, 15) is 0 Å². The Morgan fingerprint density at radius 3 is 2.65 bits per heavy atom. The van der Waals surface area contributed by atoms with Crippen molar-refractivity contribution in [1.82, 2.24) is 10.6 Å². The Morgan fingerprint density at radius 2 is 1.88 bits per heavy atom. The first-order valence-electron chi connectivity index (χ1n) is 5.70.